The molecule has 0 aliphatic carbocycles. The fourth-order valence-electron chi connectivity index (χ4n) is 1.26. The van der Waals surface area contributed by atoms with Crippen LogP contribution in [0.25, 0.3) is 0 Å². The standard InChI is InChI=1S/C8H13B3O3/c9-12-4-3-6-1-2-7(13-10)8(5-6)14-11/h1-2,5H,3-4,9-11H2. The molecular weight excluding hydrogens is 177 g/mol. The second-order valence-corrected chi connectivity index (χ2v) is 2.93. The molecule has 0 bridgehead atoms. The maximum absolute atomic E-state index is 5.19. The zero-order valence-corrected chi connectivity index (χ0v) is 8.87. The van der Waals surface area contributed by atoms with Crippen LogP contribution in [-0.4, -0.2) is 30.8 Å². The smallest absolute Gasteiger partial charge is 0.322 e. The van der Waals surface area contributed by atoms with Crippen molar-refractivity contribution in [2.45, 2.75) is 6.42 Å². The van der Waals surface area contributed by atoms with E-state index in [2.05, 4.69) is 0 Å². The Morgan fingerprint density at radius 3 is 2.29 bits per heavy atom. The maximum Gasteiger partial charge on any atom is 0.322 e. The third-order valence-electron chi connectivity index (χ3n) is 2.04. The number of rotatable bonds is 5. The molecule has 0 spiro atoms. The van der Waals surface area contributed by atoms with Gasteiger partial charge in [-0.25, -0.2) is 0 Å². The zero-order valence-electron chi connectivity index (χ0n) is 8.87. The third kappa shape index (κ3) is 2.74. The summed E-state index contributed by atoms with van der Waals surface area (Å²) in [6.07, 6.45) is 0.886. The van der Waals surface area contributed by atoms with Crippen LogP contribution in [0.2, 0.25) is 0 Å². The van der Waals surface area contributed by atoms with Gasteiger partial charge in [-0.3, -0.25) is 0 Å². The highest BCUT2D eigenvalue weighted by Crippen LogP contribution is 2.27. The minimum atomic E-state index is 0.718. The monoisotopic (exact) mass is 190 g/mol. The lowest BCUT2D eigenvalue weighted by molar-refractivity contribution is 0.354. The average Bonchev–Trinajstić information content (AvgIpc) is 2.25. The summed E-state index contributed by atoms with van der Waals surface area (Å²) in [5.41, 5.74) is 1.18. The molecule has 3 nitrogen and oxygen atoms in total. The van der Waals surface area contributed by atoms with Crippen molar-refractivity contribution in [2.75, 3.05) is 6.61 Å². The van der Waals surface area contributed by atoms with E-state index in [1.54, 1.807) is 24.1 Å². The van der Waals surface area contributed by atoms with Gasteiger partial charge in [0.2, 0.25) is 0 Å². The van der Waals surface area contributed by atoms with Crippen LogP contribution in [0, 0.1) is 0 Å². The normalized spacial score (nSPS) is 9.71. The molecule has 0 aliphatic heterocycles. The highest BCUT2D eigenvalue weighted by Gasteiger charge is 2.02. The fourth-order valence-corrected chi connectivity index (χ4v) is 1.26. The van der Waals surface area contributed by atoms with Crippen molar-refractivity contribution in [3.63, 3.8) is 0 Å². The molecule has 14 heavy (non-hydrogen) atoms. The van der Waals surface area contributed by atoms with Gasteiger partial charge in [0.15, 0.2) is 0 Å². The van der Waals surface area contributed by atoms with Crippen LogP contribution in [0.5, 0.6) is 11.5 Å². The first-order valence-electron chi connectivity index (χ1n) is 4.51. The Labute approximate surface area is 87.1 Å². The number of hydrogen-bond donors (Lipinski definition) is 0. The molecule has 0 unspecified atom stereocenters. The van der Waals surface area contributed by atoms with E-state index >= 15 is 0 Å². The molecule has 0 fully saturated rings. The summed E-state index contributed by atoms with van der Waals surface area (Å²) in [5.74, 6) is 1.52. The van der Waals surface area contributed by atoms with Gasteiger partial charge in [-0.05, 0) is 24.1 Å². The van der Waals surface area contributed by atoms with Gasteiger partial charge in [0.1, 0.15) is 11.5 Å². The first-order valence-corrected chi connectivity index (χ1v) is 4.51. The van der Waals surface area contributed by atoms with Crippen LogP contribution in [0.4, 0.5) is 0 Å². The van der Waals surface area contributed by atoms with Gasteiger partial charge < -0.3 is 14.0 Å². The van der Waals surface area contributed by atoms with Crippen LogP contribution < -0.4 is 9.31 Å². The van der Waals surface area contributed by atoms with Crippen molar-refractivity contribution >= 4 is 24.1 Å². The van der Waals surface area contributed by atoms with Gasteiger partial charge in [-0.2, -0.15) is 0 Å². The van der Waals surface area contributed by atoms with Crippen molar-refractivity contribution < 1.29 is 14.0 Å². The van der Waals surface area contributed by atoms with Crippen molar-refractivity contribution in [1.29, 1.82) is 0 Å². The second-order valence-electron chi connectivity index (χ2n) is 2.93. The zero-order chi connectivity index (χ0) is 10.4. The van der Waals surface area contributed by atoms with Gasteiger partial charge in [-0.15, -0.1) is 0 Å². The summed E-state index contributed by atoms with van der Waals surface area (Å²) in [6, 6.07) is 5.89. The Bertz CT molecular complexity index is 293. The molecule has 0 heterocycles. The lowest BCUT2D eigenvalue weighted by atomic mass is 10.1. The Morgan fingerprint density at radius 1 is 1.00 bits per heavy atom. The summed E-state index contributed by atoms with van der Waals surface area (Å²) in [5, 5.41) is 0. The van der Waals surface area contributed by atoms with E-state index in [0.29, 0.717) is 0 Å². The molecule has 1 aromatic carbocycles. The minimum absolute atomic E-state index is 0.718. The van der Waals surface area contributed by atoms with Crippen molar-refractivity contribution in [3.05, 3.63) is 23.8 Å². The predicted octanol–water partition coefficient (Wildman–Crippen LogP) is -1.35. The van der Waals surface area contributed by atoms with Crippen LogP contribution in [0.1, 0.15) is 5.56 Å². The molecule has 0 N–H and O–H groups in total. The lowest BCUT2D eigenvalue weighted by Crippen LogP contribution is -1.98. The summed E-state index contributed by atoms with van der Waals surface area (Å²) >= 11 is 0. The second kappa shape index (κ2) is 5.65. The number of hydrogen-bond acceptors (Lipinski definition) is 3. The van der Waals surface area contributed by atoms with Crippen LogP contribution in [-0.2, 0) is 11.1 Å². The summed E-state index contributed by atoms with van der Waals surface area (Å²) in [7, 11) is 4.96. The quantitative estimate of drug-likeness (QED) is 0.536. The topological polar surface area (TPSA) is 27.7 Å². The molecule has 72 valence electrons. The minimum Gasteiger partial charge on any atom is -0.565 e. The van der Waals surface area contributed by atoms with Gasteiger partial charge >= 0.3 is 16.1 Å². The Hall–Kier alpha value is -1.03. The molecular formula is C8H13B3O3. The van der Waals surface area contributed by atoms with E-state index < -0.39 is 0 Å². The molecule has 1 aromatic rings. The number of benzene rings is 1. The fraction of sp³-hybridized carbons (Fsp3) is 0.250. The van der Waals surface area contributed by atoms with E-state index in [1.165, 1.54) is 5.56 Å². The van der Waals surface area contributed by atoms with E-state index in [4.69, 9.17) is 14.0 Å². The molecule has 0 saturated heterocycles. The molecule has 6 heteroatoms. The van der Waals surface area contributed by atoms with Gasteiger partial charge in [0.05, 0.1) is 0 Å². The summed E-state index contributed by atoms with van der Waals surface area (Å²) < 4.78 is 15.3. The highest BCUT2D eigenvalue weighted by atomic mass is 16.5. The van der Waals surface area contributed by atoms with Crippen LogP contribution >= 0.6 is 0 Å². The van der Waals surface area contributed by atoms with E-state index in [1.807, 2.05) is 18.2 Å². The van der Waals surface area contributed by atoms with Gasteiger partial charge in [0.25, 0.3) is 8.05 Å². The third-order valence-corrected chi connectivity index (χ3v) is 2.04. The largest absolute Gasteiger partial charge is 0.565 e. The molecule has 0 radical (unpaired) electrons. The first kappa shape index (κ1) is 11.1. The molecule has 0 amide bonds. The maximum atomic E-state index is 5.19. The molecule has 0 aliphatic rings. The Morgan fingerprint density at radius 2 is 1.71 bits per heavy atom. The molecule has 0 aromatic heterocycles. The van der Waals surface area contributed by atoms with Crippen molar-refractivity contribution in [2.24, 2.45) is 0 Å². The Balaban J connectivity index is 2.79. The van der Waals surface area contributed by atoms with Crippen molar-refractivity contribution in [1.82, 2.24) is 0 Å². The molecule has 0 saturated carbocycles. The van der Waals surface area contributed by atoms with E-state index in [0.717, 1.165) is 24.5 Å². The average molecular weight is 190 g/mol. The van der Waals surface area contributed by atoms with Gasteiger partial charge in [-0.1, -0.05) is 6.07 Å². The lowest BCUT2D eigenvalue weighted by Gasteiger charge is -2.10. The van der Waals surface area contributed by atoms with Crippen molar-refractivity contribution in [3.8, 4) is 11.5 Å². The summed E-state index contributed by atoms with van der Waals surface area (Å²) in [6.45, 7) is 0.718. The highest BCUT2D eigenvalue weighted by molar-refractivity contribution is 6.02. The SMILES string of the molecule is BOCCc1ccc(OB)c(OB)c1. The van der Waals surface area contributed by atoms with Crippen LogP contribution in [0.15, 0.2) is 18.2 Å². The molecule has 0 atom stereocenters. The predicted molar refractivity (Wildman–Crippen MR) is 63.0 cm³/mol. The summed E-state index contributed by atoms with van der Waals surface area (Å²) in [4.78, 5) is 0. The molecule has 1 rings (SSSR count). The Kier molecular flexibility index (Phi) is 4.46. The van der Waals surface area contributed by atoms with Crippen LogP contribution in [0.3, 0.4) is 0 Å². The van der Waals surface area contributed by atoms with E-state index in [9.17, 15) is 0 Å². The first-order chi connectivity index (χ1) is 6.81. The van der Waals surface area contributed by atoms with E-state index in [-0.39, 0.29) is 0 Å². The van der Waals surface area contributed by atoms with Gasteiger partial charge in [0, 0.05) is 6.61 Å².